The van der Waals surface area contributed by atoms with Crippen molar-refractivity contribution in [1.29, 1.82) is 0 Å². The zero-order valence-corrected chi connectivity index (χ0v) is 22.2. The highest BCUT2D eigenvalue weighted by Crippen LogP contribution is 2.34. The Balaban J connectivity index is 1.31. The van der Waals surface area contributed by atoms with E-state index in [4.69, 9.17) is 14.7 Å². The van der Waals surface area contributed by atoms with Crippen LogP contribution < -0.4 is 10.2 Å². The van der Waals surface area contributed by atoms with Crippen LogP contribution in [0.15, 0.2) is 48.5 Å². The summed E-state index contributed by atoms with van der Waals surface area (Å²) in [5, 5.41) is 3.52. The number of aromatic nitrogens is 3. The first-order valence-electron chi connectivity index (χ1n) is 13.2. The van der Waals surface area contributed by atoms with Gasteiger partial charge in [-0.25, -0.2) is 14.8 Å². The Hall–Kier alpha value is -3.68. The van der Waals surface area contributed by atoms with Gasteiger partial charge in [-0.3, -0.25) is 0 Å². The predicted molar refractivity (Wildman–Crippen MR) is 146 cm³/mol. The van der Waals surface area contributed by atoms with Gasteiger partial charge in [-0.2, -0.15) is 4.98 Å². The zero-order valence-electron chi connectivity index (χ0n) is 22.2. The number of nitrogens with one attached hydrogen (secondary N) is 1. The summed E-state index contributed by atoms with van der Waals surface area (Å²) in [4.78, 5) is 31.1. The van der Waals surface area contributed by atoms with Gasteiger partial charge < -0.3 is 19.9 Å². The highest BCUT2D eigenvalue weighted by molar-refractivity contribution is 5.69. The number of carbonyl (C=O) groups excluding carboxylic acids is 1. The third-order valence-electron chi connectivity index (χ3n) is 6.71. The van der Waals surface area contributed by atoms with Crippen LogP contribution in [-0.2, 0) is 11.2 Å². The van der Waals surface area contributed by atoms with Crippen molar-refractivity contribution in [2.24, 2.45) is 0 Å². The molecule has 1 fully saturated rings. The molecule has 8 nitrogen and oxygen atoms in total. The average molecular weight is 501 g/mol. The van der Waals surface area contributed by atoms with Gasteiger partial charge in [0.05, 0.1) is 5.69 Å². The monoisotopic (exact) mass is 500 g/mol. The Labute approximate surface area is 219 Å². The molecule has 2 aliphatic heterocycles. The number of carbonyl (C=O) groups is 1. The standard InChI is InChI=1S/C29H36N6O2/c1-20-19-25(33-27(30-20)31-23-14-17-34(18-15-23)28(36)37-29(2,3)4)35-16-8-11-22-12-13-24(32-26(22)35)21-9-6-5-7-10-21/h5-7,9-10,12-13,19,23H,8,11,14-18H2,1-4H3,(H,30,31,33). The van der Waals surface area contributed by atoms with Crippen molar-refractivity contribution in [3.8, 4) is 11.3 Å². The van der Waals surface area contributed by atoms with E-state index in [1.807, 2.05) is 52.0 Å². The molecule has 0 radical (unpaired) electrons. The molecule has 3 aromatic rings. The summed E-state index contributed by atoms with van der Waals surface area (Å²) in [7, 11) is 0. The summed E-state index contributed by atoms with van der Waals surface area (Å²) in [6.45, 7) is 9.84. The molecule has 37 heavy (non-hydrogen) atoms. The predicted octanol–water partition coefficient (Wildman–Crippen LogP) is 5.74. The molecule has 5 rings (SSSR count). The number of amides is 1. The Morgan fingerprint density at radius 1 is 1.00 bits per heavy atom. The fraction of sp³-hybridized carbons (Fsp3) is 0.448. The third-order valence-corrected chi connectivity index (χ3v) is 6.71. The van der Waals surface area contributed by atoms with E-state index >= 15 is 0 Å². The van der Waals surface area contributed by atoms with E-state index in [9.17, 15) is 4.79 Å². The van der Waals surface area contributed by atoms with Crippen molar-refractivity contribution in [3.05, 3.63) is 59.8 Å². The van der Waals surface area contributed by atoms with Crippen molar-refractivity contribution in [2.75, 3.05) is 29.9 Å². The van der Waals surface area contributed by atoms with Crippen LogP contribution in [0.5, 0.6) is 0 Å². The first-order valence-corrected chi connectivity index (χ1v) is 13.2. The van der Waals surface area contributed by atoms with E-state index in [2.05, 4.69) is 39.5 Å². The minimum Gasteiger partial charge on any atom is -0.444 e. The molecule has 1 N–H and O–H groups in total. The number of ether oxygens (including phenoxy) is 1. The van der Waals surface area contributed by atoms with E-state index < -0.39 is 5.60 Å². The van der Waals surface area contributed by atoms with E-state index in [1.165, 1.54) is 5.56 Å². The molecule has 1 aromatic carbocycles. The number of rotatable bonds is 4. The molecule has 0 aliphatic carbocycles. The number of anilines is 3. The lowest BCUT2D eigenvalue weighted by molar-refractivity contribution is 0.0210. The first-order chi connectivity index (χ1) is 17.7. The van der Waals surface area contributed by atoms with E-state index in [-0.39, 0.29) is 12.1 Å². The molecular weight excluding hydrogens is 464 g/mol. The Kier molecular flexibility index (Phi) is 7.00. The minimum absolute atomic E-state index is 0.199. The molecule has 2 aromatic heterocycles. The van der Waals surface area contributed by atoms with Crippen LogP contribution >= 0.6 is 0 Å². The molecule has 2 aliphatic rings. The highest BCUT2D eigenvalue weighted by Gasteiger charge is 2.28. The van der Waals surface area contributed by atoms with E-state index in [0.717, 1.165) is 60.8 Å². The quantitative estimate of drug-likeness (QED) is 0.489. The second-order valence-electron chi connectivity index (χ2n) is 10.9. The SMILES string of the molecule is Cc1cc(N2CCCc3ccc(-c4ccccc4)nc32)nc(NC2CCN(C(=O)OC(C)(C)C)CC2)n1. The Morgan fingerprint density at radius 3 is 2.49 bits per heavy atom. The summed E-state index contributed by atoms with van der Waals surface area (Å²) >= 11 is 0. The molecule has 0 bridgehead atoms. The van der Waals surface area contributed by atoms with Gasteiger partial charge in [0, 0.05) is 43.0 Å². The number of hydrogen-bond donors (Lipinski definition) is 1. The van der Waals surface area contributed by atoms with Gasteiger partial charge in [0.15, 0.2) is 0 Å². The van der Waals surface area contributed by atoms with Crippen molar-refractivity contribution >= 4 is 23.7 Å². The van der Waals surface area contributed by atoms with Crippen LogP contribution in [0.2, 0.25) is 0 Å². The number of piperidine rings is 1. The largest absolute Gasteiger partial charge is 0.444 e. The molecule has 4 heterocycles. The molecule has 0 spiro atoms. The lowest BCUT2D eigenvalue weighted by Crippen LogP contribution is -2.44. The normalized spacial score (nSPS) is 16.3. The van der Waals surface area contributed by atoms with Crippen LogP contribution in [0.4, 0.5) is 22.4 Å². The van der Waals surface area contributed by atoms with Crippen LogP contribution in [0.3, 0.4) is 0 Å². The van der Waals surface area contributed by atoms with Crippen molar-refractivity contribution < 1.29 is 9.53 Å². The summed E-state index contributed by atoms with van der Waals surface area (Å²) in [5.74, 6) is 2.46. The van der Waals surface area contributed by atoms with Gasteiger partial charge in [-0.1, -0.05) is 36.4 Å². The van der Waals surface area contributed by atoms with Gasteiger partial charge in [-0.15, -0.1) is 0 Å². The maximum atomic E-state index is 12.4. The second kappa shape index (κ2) is 10.4. The molecule has 0 unspecified atom stereocenters. The topological polar surface area (TPSA) is 83.5 Å². The van der Waals surface area contributed by atoms with Crippen LogP contribution in [0.25, 0.3) is 11.3 Å². The number of fused-ring (bicyclic) bond motifs is 1. The molecule has 8 heteroatoms. The molecule has 0 saturated carbocycles. The number of nitrogens with zero attached hydrogens (tertiary/aromatic N) is 5. The Morgan fingerprint density at radius 2 is 1.76 bits per heavy atom. The second-order valence-corrected chi connectivity index (χ2v) is 10.9. The average Bonchev–Trinajstić information content (AvgIpc) is 2.87. The van der Waals surface area contributed by atoms with Crippen molar-refractivity contribution in [1.82, 2.24) is 19.9 Å². The summed E-state index contributed by atoms with van der Waals surface area (Å²) in [6, 6.07) is 16.8. The lowest BCUT2D eigenvalue weighted by atomic mass is 10.0. The Bertz CT molecular complexity index is 1250. The van der Waals surface area contributed by atoms with Gasteiger partial charge in [-0.05, 0) is 65.0 Å². The summed E-state index contributed by atoms with van der Waals surface area (Å²) in [5.41, 5.74) is 3.74. The maximum Gasteiger partial charge on any atom is 0.410 e. The van der Waals surface area contributed by atoms with E-state index in [0.29, 0.717) is 19.0 Å². The minimum atomic E-state index is -0.484. The number of likely N-dealkylation sites (tertiary alicyclic amines) is 1. The fourth-order valence-corrected chi connectivity index (χ4v) is 4.90. The number of benzene rings is 1. The van der Waals surface area contributed by atoms with Crippen LogP contribution in [0, 0.1) is 6.92 Å². The molecule has 194 valence electrons. The highest BCUT2D eigenvalue weighted by atomic mass is 16.6. The first kappa shape index (κ1) is 25.0. The summed E-state index contributed by atoms with van der Waals surface area (Å²) in [6.07, 6.45) is 3.46. The summed E-state index contributed by atoms with van der Waals surface area (Å²) < 4.78 is 5.53. The molecule has 0 atom stereocenters. The van der Waals surface area contributed by atoms with Crippen LogP contribution in [0.1, 0.15) is 51.3 Å². The van der Waals surface area contributed by atoms with Gasteiger partial charge in [0.2, 0.25) is 5.95 Å². The number of pyridine rings is 1. The van der Waals surface area contributed by atoms with E-state index in [1.54, 1.807) is 4.90 Å². The van der Waals surface area contributed by atoms with Crippen LogP contribution in [-0.4, -0.2) is 57.2 Å². The maximum absolute atomic E-state index is 12.4. The number of hydrogen-bond acceptors (Lipinski definition) is 7. The third kappa shape index (κ3) is 6.01. The molecule has 1 amide bonds. The van der Waals surface area contributed by atoms with Crippen molar-refractivity contribution in [3.63, 3.8) is 0 Å². The van der Waals surface area contributed by atoms with Gasteiger partial charge >= 0.3 is 6.09 Å². The molecule has 1 saturated heterocycles. The lowest BCUT2D eigenvalue weighted by Gasteiger charge is -2.34. The van der Waals surface area contributed by atoms with Crippen molar-refractivity contribution in [2.45, 2.75) is 65.0 Å². The van der Waals surface area contributed by atoms with Gasteiger partial charge in [0.1, 0.15) is 17.2 Å². The van der Waals surface area contributed by atoms with Gasteiger partial charge in [0.25, 0.3) is 0 Å². The number of aryl methyl sites for hydroxylation is 2. The zero-order chi connectivity index (χ0) is 26.0. The fourth-order valence-electron chi connectivity index (χ4n) is 4.90. The molecular formula is C29H36N6O2. The smallest absolute Gasteiger partial charge is 0.410 e.